The van der Waals surface area contributed by atoms with Crippen LogP contribution in [0.2, 0.25) is 0 Å². The minimum Gasteiger partial charge on any atom is -0.733 e. The van der Waals surface area contributed by atoms with Gasteiger partial charge in [-0.05, 0) is 24.6 Å². The van der Waals surface area contributed by atoms with Gasteiger partial charge in [-0.15, -0.1) is 0 Å². The first kappa shape index (κ1) is 14.6. The maximum absolute atomic E-state index is 12.5. The fraction of sp³-hybridized carbons (Fsp3) is 0.333. The van der Waals surface area contributed by atoms with Crippen LogP contribution in [0, 0.1) is 12.1 Å². The van der Waals surface area contributed by atoms with Gasteiger partial charge in [0.2, 0.25) is 0 Å². The van der Waals surface area contributed by atoms with E-state index >= 15 is 0 Å². The average molecular weight is 274 g/mol. The van der Waals surface area contributed by atoms with E-state index in [9.17, 15) is 31.5 Å². The maximum Gasteiger partial charge on any atom is 0.416 e. The first-order valence-corrected chi connectivity index (χ1v) is 4.39. The van der Waals surface area contributed by atoms with Gasteiger partial charge in [-0.25, -0.2) is 0 Å². The van der Waals surface area contributed by atoms with Gasteiger partial charge in [-0.3, -0.25) is 5.21 Å². The molecule has 1 rings (SSSR count). The summed E-state index contributed by atoms with van der Waals surface area (Å²) in [6.45, 7) is 0.641. The number of hydrogen-bond acceptors (Lipinski definition) is 3. The standard InChI is InChI=1S/C9H6F6NO2/c1-4-6(8(10,11)12)2-5(16(17)18)3-7(4)9(13,14)15/h2-3,17H,1H3/q-1. The largest absolute Gasteiger partial charge is 0.733 e. The van der Waals surface area contributed by atoms with E-state index in [-0.39, 0.29) is 12.1 Å². The Labute approximate surface area is 96.8 Å². The fourth-order valence-electron chi connectivity index (χ4n) is 1.40. The van der Waals surface area contributed by atoms with Gasteiger partial charge in [-0.1, -0.05) is 0 Å². The zero-order valence-corrected chi connectivity index (χ0v) is 8.73. The second-order valence-corrected chi connectivity index (χ2v) is 3.43. The Kier molecular flexibility index (Phi) is 3.50. The van der Waals surface area contributed by atoms with Gasteiger partial charge in [0.15, 0.2) is 0 Å². The third kappa shape index (κ3) is 2.85. The molecule has 0 saturated heterocycles. The van der Waals surface area contributed by atoms with Crippen molar-refractivity contribution in [3.05, 3.63) is 34.0 Å². The smallest absolute Gasteiger partial charge is 0.416 e. The Hall–Kier alpha value is -1.48. The Bertz CT molecular complexity index is 416. The highest BCUT2D eigenvalue weighted by Crippen LogP contribution is 2.41. The molecule has 0 aliphatic rings. The van der Waals surface area contributed by atoms with Gasteiger partial charge < -0.3 is 10.4 Å². The number of alkyl halides is 6. The van der Waals surface area contributed by atoms with Crippen molar-refractivity contribution < 1.29 is 31.5 Å². The molecule has 0 spiro atoms. The predicted octanol–water partition coefficient (Wildman–Crippen LogP) is 3.73. The topological polar surface area (TPSA) is 46.5 Å². The molecule has 18 heavy (non-hydrogen) atoms. The molecule has 0 aromatic heterocycles. The van der Waals surface area contributed by atoms with Crippen LogP contribution in [0.3, 0.4) is 0 Å². The highest BCUT2D eigenvalue weighted by Gasteiger charge is 2.40. The molecule has 1 aromatic carbocycles. The van der Waals surface area contributed by atoms with Crippen molar-refractivity contribution in [2.45, 2.75) is 19.3 Å². The van der Waals surface area contributed by atoms with Crippen molar-refractivity contribution in [1.29, 1.82) is 0 Å². The molecule has 102 valence electrons. The summed E-state index contributed by atoms with van der Waals surface area (Å²) in [4.78, 5) is 0. The lowest BCUT2D eigenvalue weighted by atomic mass is 10.0. The van der Waals surface area contributed by atoms with E-state index < -0.39 is 40.0 Å². The van der Waals surface area contributed by atoms with Crippen molar-refractivity contribution >= 4 is 5.69 Å². The van der Waals surface area contributed by atoms with Crippen molar-refractivity contribution in [3.8, 4) is 0 Å². The van der Waals surface area contributed by atoms with Crippen LogP contribution in [0.4, 0.5) is 32.0 Å². The zero-order chi connectivity index (χ0) is 14.3. The predicted molar refractivity (Wildman–Crippen MR) is 48.8 cm³/mol. The van der Waals surface area contributed by atoms with E-state index in [0.717, 1.165) is 0 Å². The Morgan fingerprint density at radius 3 is 1.56 bits per heavy atom. The van der Waals surface area contributed by atoms with E-state index in [1.807, 2.05) is 0 Å². The van der Waals surface area contributed by atoms with Crippen LogP contribution in [0.25, 0.3) is 0 Å². The van der Waals surface area contributed by atoms with Gasteiger partial charge in [0, 0.05) is 0 Å². The van der Waals surface area contributed by atoms with Crippen molar-refractivity contribution in [3.63, 3.8) is 0 Å². The van der Waals surface area contributed by atoms with Crippen LogP contribution in [0.1, 0.15) is 16.7 Å². The minimum atomic E-state index is -5.06. The number of hydrogen-bond donors (Lipinski definition) is 1. The Morgan fingerprint density at radius 1 is 1.00 bits per heavy atom. The van der Waals surface area contributed by atoms with Crippen molar-refractivity contribution in [1.82, 2.24) is 0 Å². The van der Waals surface area contributed by atoms with E-state index in [1.165, 1.54) is 0 Å². The molecule has 0 fully saturated rings. The maximum atomic E-state index is 12.5. The van der Waals surface area contributed by atoms with Gasteiger partial charge in [0.25, 0.3) is 0 Å². The Morgan fingerprint density at radius 2 is 1.33 bits per heavy atom. The molecule has 0 aliphatic heterocycles. The third-order valence-corrected chi connectivity index (χ3v) is 2.22. The molecule has 0 bridgehead atoms. The van der Waals surface area contributed by atoms with E-state index in [0.29, 0.717) is 6.92 Å². The van der Waals surface area contributed by atoms with Crippen LogP contribution in [-0.4, -0.2) is 5.21 Å². The molecule has 0 unspecified atom stereocenters. The summed E-state index contributed by atoms with van der Waals surface area (Å²) in [5.41, 5.74) is -5.44. The molecule has 9 heteroatoms. The molecule has 1 N–H and O–H groups in total. The summed E-state index contributed by atoms with van der Waals surface area (Å²) in [7, 11) is 0. The first-order chi connectivity index (χ1) is 7.94. The highest BCUT2D eigenvalue weighted by molar-refractivity contribution is 5.54. The lowest BCUT2D eigenvalue weighted by molar-refractivity contribution is -0.143. The first-order valence-electron chi connectivity index (χ1n) is 4.39. The minimum absolute atomic E-state index is 0.150. The molecule has 3 nitrogen and oxygen atoms in total. The van der Waals surface area contributed by atoms with Crippen molar-refractivity contribution in [2.75, 3.05) is 5.23 Å². The lowest BCUT2D eigenvalue weighted by Crippen LogP contribution is -2.17. The van der Waals surface area contributed by atoms with Crippen molar-refractivity contribution in [2.24, 2.45) is 0 Å². The van der Waals surface area contributed by atoms with Crippen LogP contribution in [0.15, 0.2) is 12.1 Å². The summed E-state index contributed by atoms with van der Waals surface area (Å²) in [6.07, 6.45) is -10.1. The Balaban J connectivity index is 3.59. The van der Waals surface area contributed by atoms with Crippen LogP contribution in [0.5, 0.6) is 0 Å². The number of halogens is 6. The van der Waals surface area contributed by atoms with Gasteiger partial charge in [0.05, 0.1) is 16.8 Å². The van der Waals surface area contributed by atoms with Crippen LogP contribution < -0.4 is 5.23 Å². The SMILES string of the molecule is Cc1c(C(F)(F)F)cc(N([O-])O)cc1C(F)(F)F. The van der Waals surface area contributed by atoms with E-state index in [2.05, 4.69) is 0 Å². The second-order valence-electron chi connectivity index (χ2n) is 3.43. The quantitative estimate of drug-likeness (QED) is 0.627. The summed E-state index contributed by atoms with van der Waals surface area (Å²) < 4.78 is 74.9. The second kappa shape index (κ2) is 4.32. The lowest BCUT2D eigenvalue weighted by Gasteiger charge is -2.25. The van der Waals surface area contributed by atoms with Gasteiger partial charge >= 0.3 is 12.4 Å². The molecular formula is C9H6F6NO2-. The average Bonchev–Trinajstić information content (AvgIpc) is 2.13. The summed E-state index contributed by atoms with van der Waals surface area (Å²) in [5.74, 6) is 0. The fourth-order valence-corrected chi connectivity index (χ4v) is 1.40. The van der Waals surface area contributed by atoms with E-state index in [1.54, 1.807) is 0 Å². The monoisotopic (exact) mass is 274 g/mol. The number of nitrogens with zero attached hydrogens (tertiary/aromatic N) is 1. The normalized spacial score (nSPS) is 12.7. The summed E-state index contributed by atoms with van der Waals surface area (Å²) in [6, 6.07) is 0.301. The highest BCUT2D eigenvalue weighted by atomic mass is 19.4. The summed E-state index contributed by atoms with van der Waals surface area (Å²) >= 11 is 0. The molecule has 0 amide bonds. The number of benzene rings is 1. The molecular weight excluding hydrogens is 268 g/mol. The molecule has 0 radical (unpaired) electrons. The van der Waals surface area contributed by atoms with Crippen LogP contribution in [-0.2, 0) is 12.4 Å². The number of rotatable bonds is 1. The third-order valence-electron chi connectivity index (χ3n) is 2.22. The summed E-state index contributed by atoms with van der Waals surface area (Å²) in [5, 5.41) is 17.8. The molecule has 1 aromatic rings. The molecule has 0 saturated carbocycles. The van der Waals surface area contributed by atoms with E-state index in [4.69, 9.17) is 5.21 Å². The molecule has 0 heterocycles. The van der Waals surface area contributed by atoms with Crippen LogP contribution >= 0.6 is 0 Å². The van der Waals surface area contributed by atoms with Gasteiger partial charge in [0.1, 0.15) is 0 Å². The molecule has 0 aliphatic carbocycles. The molecule has 0 atom stereocenters. The zero-order valence-electron chi connectivity index (χ0n) is 8.73. The number of anilines is 1. The van der Waals surface area contributed by atoms with Gasteiger partial charge in [-0.2, -0.15) is 26.3 Å².